The van der Waals surface area contributed by atoms with E-state index in [0.29, 0.717) is 19.6 Å². The molecule has 0 aromatic carbocycles. The van der Waals surface area contributed by atoms with Crippen LogP contribution in [-0.4, -0.2) is 37.0 Å². The van der Waals surface area contributed by atoms with Crippen LogP contribution in [-0.2, 0) is 14.3 Å². The van der Waals surface area contributed by atoms with E-state index < -0.39 is 6.10 Å². The molecule has 1 atom stereocenters. The molecule has 0 bridgehead atoms. The Labute approximate surface area is 206 Å². The summed E-state index contributed by atoms with van der Waals surface area (Å²) in [6.07, 6.45) is 27.0. The highest BCUT2D eigenvalue weighted by Gasteiger charge is 2.13. The normalized spacial score (nSPS) is 12.2. The molecule has 4 heteroatoms. The van der Waals surface area contributed by atoms with E-state index >= 15 is 0 Å². The van der Waals surface area contributed by atoms with Crippen molar-refractivity contribution in [3.8, 4) is 0 Å². The van der Waals surface area contributed by atoms with Gasteiger partial charge in [-0.15, -0.1) is 0 Å². The van der Waals surface area contributed by atoms with Gasteiger partial charge < -0.3 is 14.6 Å². The zero-order valence-electron chi connectivity index (χ0n) is 22.4. The summed E-state index contributed by atoms with van der Waals surface area (Å²) >= 11 is 0. The molecule has 0 aliphatic heterocycles. The highest BCUT2D eigenvalue weighted by Crippen LogP contribution is 2.13. The number of unbranched alkanes of at least 4 members (excludes halogenated alkanes) is 19. The van der Waals surface area contributed by atoms with Crippen molar-refractivity contribution in [1.82, 2.24) is 0 Å². The highest BCUT2D eigenvalue weighted by molar-refractivity contribution is 5.69. The van der Waals surface area contributed by atoms with Crippen molar-refractivity contribution in [3.63, 3.8) is 0 Å². The van der Waals surface area contributed by atoms with Crippen LogP contribution in [0.5, 0.6) is 0 Å². The maximum Gasteiger partial charge on any atom is 0.306 e. The summed E-state index contributed by atoms with van der Waals surface area (Å²) < 4.78 is 11.0. The van der Waals surface area contributed by atoms with Crippen LogP contribution >= 0.6 is 0 Å². The van der Waals surface area contributed by atoms with Crippen LogP contribution in [0.4, 0.5) is 0 Å². The lowest BCUT2D eigenvalue weighted by molar-refractivity contribution is -0.154. The maximum atomic E-state index is 12.0. The van der Waals surface area contributed by atoms with Crippen molar-refractivity contribution >= 4 is 5.97 Å². The second-order valence-electron chi connectivity index (χ2n) is 9.84. The molecule has 0 saturated carbocycles. The Kier molecular flexibility index (Phi) is 27.1. The van der Waals surface area contributed by atoms with Crippen LogP contribution in [0.25, 0.3) is 0 Å². The highest BCUT2D eigenvalue weighted by atomic mass is 16.6. The molecule has 0 aromatic rings. The molecule has 0 amide bonds. The first-order chi connectivity index (χ1) is 16.2. The molecule has 1 N–H and O–H groups in total. The topological polar surface area (TPSA) is 55.8 Å². The lowest BCUT2D eigenvalue weighted by Gasteiger charge is -2.16. The molecule has 0 radical (unpaired) electrons. The molecule has 0 spiro atoms. The number of hydrogen-bond donors (Lipinski definition) is 1. The molecule has 33 heavy (non-hydrogen) atoms. The van der Waals surface area contributed by atoms with Gasteiger partial charge in [-0.25, -0.2) is 0 Å². The predicted molar refractivity (Wildman–Crippen MR) is 141 cm³/mol. The van der Waals surface area contributed by atoms with Gasteiger partial charge in [0.05, 0.1) is 13.2 Å². The van der Waals surface area contributed by atoms with Crippen LogP contribution in [0, 0.1) is 0 Å². The first-order valence-electron chi connectivity index (χ1n) is 14.6. The average molecular weight is 471 g/mol. The second kappa shape index (κ2) is 27.6. The SMILES string of the molecule is CCCCCCCCCCCCCCCOCC(CO)OC(=O)CCCCCCCCCC. The van der Waals surface area contributed by atoms with Gasteiger partial charge in [0.2, 0.25) is 0 Å². The molecule has 0 heterocycles. The van der Waals surface area contributed by atoms with Crippen LogP contribution in [0.2, 0.25) is 0 Å². The second-order valence-corrected chi connectivity index (χ2v) is 9.84. The summed E-state index contributed by atoms with van der Waals surface area (Å²) in [4.78, 5) is 12.0. The summed E-state index contributed by atoms with van der Waals surface area (Å²) in [5.41, 5.74) is 0. The van der Waals surface area contributed by atoms with Gasteiger partial charge in [-0.3, -0.25) is 4.79 Å². The van der Waals surface area contributed by atoms with Crippen LogP contribution < -0.4 is 0 Å². The van der Waals surface area contributed by atoms with Crippen LogP contribution in [0.15, 0.2) is 0 Å². The van der Waals surface area contributed by atoms with E-state index in [9.17, 15) is 9.90 Å². The van der Waals surface area contributed by atoms with Gasteiger partial charge in [-0.2, -0.15) is 0 Å². The smallest absolute Gasteiger partial charge is 0.306 e. The number of carbonyl (C=O) groups is 1. The van der Waals surface area contributed by atoms with E-state index in [1.54, 1.807) is 0 Å². The van der Waals surface area contributed by atoms with Gasteiger partial charge in [0.1, 0.15) is 6.10 Å². The van der Waals surface area contributed by atoms with Crippen molar-refractivity contribution < 1.29 is 19.4 Å². The van der Waals surface area contributed by atoms with E-state index in [-0.39, 0.29) is 12.6 Å². The molecule has 0 aromatic heterocycles. The first-order valence-corrected chi connectivity index (χ1v) is 14.6. The lowest BCUT2D eigenvalue weighted by atomic mass is 10.0. The average Bonchev–Trinajstić information content (AvgIpc) is 2.82. The molecule has 0 saturated heterocycles. The maximum absolute atomic E-state index is 12.0. The largest absolute Gasteiger partial charge is 0.457 e. The van der Waals surface area contributed by atoms with E-state index in [4.69, 9.17) is 9.47 Å². The number of aliphatic hydroxyl groups is 1. The molecule has 0 fully saturated rings. The molecule has 0 rings (SSSR count). The van der Waals surface area contributed by atoms with E-state index in [0.717, 1.165) is 19.3 Å². The van der Waals surface area contributed by atoms with Gasteiger partial charge in [-0.1, -0.05) is 136 Å². The molecule has 198 valence electrons. The number of hydrogen-bond acceptors (Lipinski definition) is 4. The number of carbonyl (C=O) groups excluding carboxylic acids is 1. The number of rotatable bonds is 27. The molecular weight excluding hydrogens is 412 g/mol. The lowest BCUT2D eigenvalue weighted by Crippen LogP contribution is -2.27. The minimum absolute atomic E-state index is 0.165. The minimum Gasteiger partial charge on any atom is -0.457 e. The first kappa shape index (κ1) is 32.4. The Morgan fingerprint density at radius 3 is 1.42 bits per heavy atom. The zero-order valence-corrected chi connectivity index (χ0v) is 22.4. The van der Waals surface area contributed by atoms with E-state index in [1.165, 1.54) is 116 Å². The van der Waals surface area contributed by atoms with E-state index in [2.05, 4.69) is 13.8 Å². The summed E-state index contributed by atoms with van der Waals surface area (Å²) in [6.45, 7) is 5.33. The Balaban J connectivity index is 3.40. The predicted octanol–water partition coefficient (Wildman–Crippen LogP) is 8.53. The zero-order chi connectivity index (χ0) is 24.2. The number of ether oxygens (including phenoxy) is 2. The Morgan fingerprint density at radius 1 is 0.606 bits per heavy atom. The van der Waals surface area contributed by atoms with Crippen molar-refractivity contribution in [2.24, 2.45) is 0 Å². The molecule has 4 nitrogen and oxygen atoms in total. The van der Waals surface area contributed by atoms with Gasteiger partial charge in [0, 0.05) is 13.0 Å². The van der Waals surface area contributed by atoms with E-state index in [1.807, 2.05) is 0 Å². The number of esters is 1. The quantitative estimate of drug-likeness (QED) is 0.0965. The monoisotopic (exact) mass is 470 g/mol. The summed E-state index contributed by atoms with van der Waals surface area (Å²) in [5.74, 6) is -0.204. The van der Waals surface area contributed by atoms with Gasteiger partial charge >= 0.3 is 5.97 Å². The standard InChI is InChI=1S/C29H58O4/c1-3-5-7-9-11-13-14-15-16-17-19-21-23-25-32-27-28(26-30)33-29(31)24-22-20-18-12-10-8-6-4-2/h28,30H,3-27H2,1-2H3. The third kappa shape index (κ3) is 25.8. The van der Waals surface area contributed by atoms with Crippen molar-refractivity contribution in [2.75, 3.05) is 19.8 Å². The Morgan fingerprint density at radius 2 is 1.00 bits per heavy atom. The summed E-state index contributed by atoms with van der Waals surface area (Å²) in [6, 6.07) is 0. The fraction of sp³-hybridized carbons (Fsp3) is 0.966. The van der Waals surface area contributed by atoms with Gasteiger partial charge in [-0.05, 0) is 12.8 Å². The fourth-order valence-corrected chi connectivity index (χ4v) is 4.21. The Bertz CT molecular complexity index is 386. The minimum atomic E-state index is -0.520. The van der Waals surface area contributed by atoms with Crippen LogP contribution in [0.3, 0.4) is 0 Å². The van der Waals surface area contributed by atoms with Crippen molar-refractivity contribution in [2.45, 2.75) is 161 Å². The third-order valence-electron chi connectivity index (χ3n) is 6.43. The number of aliphatic hydroxyl groups excluding tert-OH is 1. The van der Waals surface area contributed by atoms with Crippen molar-refractivity contribution in [3.05, 3.63) is 0 Å². The molecule has 0 aliphatic rings. The van der Waals surface area contributed by atoms with Gasteiger partial charge in [0.25, 0.3) is 0 Å². The third-order valence-corrected chi connectivity index (χ3v) is 6.43. The summed E-state index contributed by atoms with van der Waals surface area (Å²) in [5, 5.41) is 9.45. The Hall–Kier alpha value is -0.610. The van der Waals surface area contributed by atoms with Crippen molar-refractivity contribution in [1.29, 1.82) is 0 Å². The molecular formula is C29H58O4. The van der Waals surface area contributed by atoms with Gasteiger partial charge in [0.15, 0.2) is 0 Å². The fourth-order valence-electron chi connectivity index (χ4n) is 4.21. The molecule has 0 aliphatic carbocycles. The summed E-state index contributed by atoms with van der Waals surface area (Å²) in [7, 11) is 0. The van der Waals surface area contributed by atoms with Crippen LogP contribution in [0.1, 0.15) is 155 Å². The molecule has 1 unspecified atom stereocenters.